The molecular formula is C20H27FN4O. The van der Waals surface area contributed by atoms with Crippen molar-refractivity contribution in [3.8, 4) is 5.69 Å². The molecule has 26 heavy (non-hydrogen) atoms. The molecule has 1 saturated heterocycles. The second-order valence-corrected chi connectivity index (χ2v) is 8.50. The Hall–Kier alpha value is -2.21. The maximum absolute atomic E-state index is 13.1. The SMILES string of the molecule is Cc1c(C(=O)NC2CC(C)(C)NC(C)(C)C2)cnn1-c1ccc(F)cc1. The number of aromatic nitrogens is 2. The molecule has 6 heteroatoms. The van der Waals surface area contributed by atoms with Gasteiger partial charge in [0, 0.05) is 17.1 Å². The quantitative estimate of drug-likeness (QED) is 0.884. The Kier molecular flexibility index (Phi) is 4.65. The van der Waals surface area contributed by atoms with Gasteiger partial charge in [-0.05, 0) is 71.7 Å². The molecule has 1 amide bonds. The fraction of sp³-hybridized carbons (Fsp3) is 0.500. The zero-order valence-corrected chi connectivity index (χ0v) is 16.1. The van der Waals surface area contributed by atoms with Crippen LogP contribution in [-0.4, -0.2) is 32.8 Å². The highest BCUT2D eigenvalue weighted by Gasteiger charge is 2.38. The average molecular weight is 358 g/mol. The van der Waals surface area contributed by atoms with Gasteiger partial charge in [-0.15, -0.1) is 0 Å². The van der Waals surface area contributed by atoms with Gasteiger partial charge in [-0.1, -0.05) is 0 Å². The van der Waals surface area contributed by atoms with Crippen molar-refractivity contribution in [2.75, 3.05) is 0 Å². The number of carbonyl (C=O) groups is 1. The smallest absolute Gasteiger partial charge is 0.254 e. The van der Waals surface area contributed by atoms with Crippen molar-refractivity contribution in [3.05, 3.63) is 47.5 Å². The van der Waals surface area contributed by atoms with Crippen molar-refractivity contribution in [1.82, 2.24) is 20.4 Å². The Morgan fingerprint density at radius 3 is 2.35 bits per heavy atom. The molecule has 1 aromatic carbocycles. The molecule has 5 nitrogen and oxygen atoms in total. The van der Waals surface area contributed by atoms with E-state index in [-0.39, 0.29) is 28.8 Å². The predicted octanol–water partition coefficient (Wildman–Crippen LogP) is 3.36. The number of hydrogen-bond acceptors (Lipinski definition) is 3. The fourth-order valence-corrected chi connectivity index (χ4v) is 4.16. The molecule has 2 heterocycles. The molecule has 0 saturated carbocycles. The lowest BCUT2D eigenvalue weighted by molar-refractivity contribution is 0.0872. The van der Waals surface area contributed by atoms with Crippen LogP contribution in [0.3, 0.4) is 0 Å². The lowest BCUT2D eigenvalue weighted by Crippen LogP contribution is -2.62. The second-order valence-electron chi connectivity index (χ2n) is 8.50. The van der Waals surface area contributed by atoms with E-state index in [1.807, 2.05) is 6.92 Å². The maximum Gasteiger partial charge on any atom is 0.254 e. The van der Waals surface area contributed by atoms with Crippen LogP contribution in [0.4, 0.5) is 4.39 Å². The van der Waals surface area contributed by atoms with E-state index in [1.54, 1.807) is 23.0 Å². The van der Waals surface area contributed by atoms with E-state index in [0.29, 0.717) is 5.56 Å². The monoisotopic (exact) mass is 358 g/mol. The molecule has 0 atom stereocenters. The summed E-state index contributed by atoms with van der Waals surface area (Å²) in [6.07, 6.45) is 3.31. The van der Waals surface area contributed by atoms with Gasteiger partial charge >= 0.3 is 0 Å². The van der Waals surface area contributed by atoms with Gasteiger partial charge in [-0.2, -0.15) is 5.10 Å². The molecule has 3 rings (SSSR count). The summed E-state index contributed by atoms with van der Waals surface area (Å²) in [5.74, 6) is -0.415. The largest absolute Gasteiger partial charge is 0.349 e. The van der Waals surface area contributed by atoms with Crippen LogP contribution < -0.4 is 10.6 Å². The third-order valence-electron chi connectivity index (χ3n) is 4.85. The maximum atomic E-state index is 13.1. The third-order valence-corrected chi connectivity index (χ3v) is 4.85. The normalized spacial score (nSPS) is 19.3. The Morgan fingerprint density at radius 2 is 1.77 bits per heavy atom. The van der Waals surface area contributed by atoms with Crippen LogP contribution in [0.15, 0.2) is 30.5 Å². The summed E-state index contributed by atoms with van der Waals surface area (Å²) in [6, 6.07) is 6.16. The summed E-state index contributed by atoms with van der Waals surface area (Å²) < 4.78 is 14.8. The summed E-state index contributed by atoms with van der Waals surface area (Å²) in [5.41, 5.74) is 1.94. The number of nitrogens with zero attached hydrogens (tertiary/aromatic N) is 2. The van der Waals surface area contributed by atoms with Gasteiger partial charge in [0.05, 0.1) is 23.1 Å². The lowest BCUT2D eigenvalue weighted by Gasteiger charge is -2.46. The van der Waals surface area contributed by atoms with E-state index < -0.39 is 0 Å². The first-order valence-corrected chi connectivity index (χ1v) is 8.97. The highest BCUT2D eigenvalue weighted by Crippen LogP contribution is 2.28. The van der Waals surface area contributed by atoms with E-state index in [1.165, 1.54) is 12.1 Å². The van der Waals surface area contributed by atoms with Gasteiger partial charge in [0.25, 0.3) is 5.91 Å². The zero-order chi connectivity index (χ0) is 19.1. The second kappa shape index (κ2) is 6.50. The first-order chi connectivity index (χ1) is 12.1. The van der Waals surface area contributed by atoms with Crippen molar-refractivity contribution in [2.24, 2.45) is 0 Å². The molecule has 140 valence electrons. The molecule has 2 aromatic rings. The van der Waals surface area contributed by atoms with E-state index in [9.17, 15) is 9.18 Å². The number of piperidine rings is 1. The highest BCUT2D eigenvalue weighted by atomic mass is 19.1. The van der Waals surface area contributed by atoms with Crippen LogP contribution in [0, 0.1) is 12.7 Å². The van der Waals surface area contributed by atoms with Gasteiger partial charge < -0.3 is 10.6 Å². The minimum absolute atomic E-state index is 0.0347. The number of nitrogens with one attached hydrogen (secondary N) is 2. The van der Waals surface area contributed by atoms with E-state index >= 15 is 0 Å². The van der Waals surface area contributed by atoms with Gasteiger partial charge in [0.15, 0.2) is 0 Å². The minimum Gasteiger partial charge on any atom is -0.349 e. The Bertz CT molecular complexity index is 792. The summed E-state index contributed by atoms with van der Waals surface area (Å²) >= 11 is 0. The molecule has 0 radical (unpaired) electrons. The van der Waals surface area contributed by atoms with Crippen molar-refractivity contribution in [3.63, 3.8) is 0 Å². The first-order valence-electron chi connectivity index (χ1n) is 8.97. The topological polar surface area (TPSA) is 59.0 Å². The van der Waals surface area contributed by atoms with E-state index in [4.69, 9.17) is 0 Å². The lowest BCUT2D eigenvalue weighted by atomic mass is 9.79. The van der Waals surface area contributed by atoms with Crippen LogP contribution in [0.25, 0.3) is 5.69 Å². The standard InChI is InChI=1S/C20H27FN4O/c1-13-17(12-22-25(13)16-8-6-14(21)7-9-16)18(26)23-15-10-19(2,3)24-20(4,5)11-15/h6-9,12,15,24H,10-11H2,1-5H3,(H,23,26). The van der Waals surface area contributed by atoms with Crippen molar-refractivity contribution < 1.29 is 9.18 Å². The number of halogens is 1. The summed E-state index contributed by atoms with van der Waals surface area (Å²) in [5, 5.41) is 11.1. The molecule has 1 aliphatic rings. The molecule has 0 spiro atoms. The summed E-state index contributed by atoms with van der Waals surface area (Å²) in [7, 11) is 0. The molecule has 0 unspecified atom stereocenters. The fourth-order valence-electron chi connectivity index (χ4n) is 4.16. The molecule has 0 bridgehead atoms. The minimum atomic E-state index is -0.298. The Balaban J connectivity index is 1.78. The van der Waals surface area contributed by atoms with Crippen LogP contribution in [0.2, 0.25) is 0 Å². The van der Waals surface area contributed by atoms with Crippen molar-refractivity contribution in [2.45, 2.75) is 64.6 Å². The van der Waals surface area contributed by atoms with Gasteiger partial charge in [0.1, 0.15) is 5.82 Å². The summed E-state index contributed by atoms with van der Waals surface area (Å²) in [4.78, 5) is 12.8. The molecule has 2 N–H and O–H groups in total. The molecule has 1 fully saturated rings. The zero-order valence-electron chi connectivity index (χ0n) is 16.1. The molecule has 0 aliphatic carbocycles. The highest BCUT2D eigenvalue weighted by molar-refractivity contribution is 5.95. The van der Waals surface area contributed by atoms with Gasteiger partial charge in [-0.3, -0.25) is 4.79 Å². The van der Waals surface area contributed by atoms with Crippen molar-refractivity contribution in [1.29, 1.82) is 0 Å². The van der Waals surface area contributed by atoms with Crippen LogP contribution in [0.1, 0.15) is 56.6 Å². The molecule has 1 aromatic heterocycles. The van der Waals surface area contributed by atoms with Gasteiger partial charge in [0.2, 0.25) is 0 Å². The predicted molar refractivity (Wildman–Crippen MR) is 100 cm³/mol. The van der Waals surface area contributed by atoms with Crippen molar-refractivity contribution >= 4 is 5.91 Å². The number of hydrogen-bond donors (Lipinski definition) is 2. The molecule has 1 aliphatic heterocycles. The van der Waals surface area contributed by atoms with E-state index in [2.05, 4.69) is 43.4 Å². The van der Waals surface area contributed by atoms with Crippen LogP contribution >= 0.6 is 0 Å². The number of carbonyl (C=O) groups excluding carboxylic acids is 1. The number of benzene rings is 1. The third kappa shape index (κ3) is 3.96. The number of amides is 1. The first kappa shape index (κ1) is 18.6. The Morgan fingerprint density at radius 1 is 1.19 bits per heavy atom. The average Bonchev–Trinajstić information content (AvgIpc) is 2.86. The van der Waals surface area contributed by atoms with Gasteiger partial charge in [-0.25, -0.2) is 9.07 Å². The number of rotatable bonds is 3. The van der Waals surface area contributed by atoms with E-state index in [0.717, 1.165) is 24.2 Å². The molecular weight excluding hydrogens is 331 g/mol. The van der Waals surface area contributed by atoms with Crippen LogP contribution in [0.5, 0.6) is 0 Å². The van der Waals surface area contributed by atoms with Crippen LogP contribution in [-0.2, 0) is 0 Å². The Labute approximate surface area is 154 Å². The summed E-state index contributed by atoms with van der Waals surface area (Å²) in [6.45, 7) is 10.5.